The molecule has 0 atom stereocenters. The number of anilines is 1. The van der Waals surface area contributed by atoms with E-state index in [-0.39, 0.29) is 11.9 Å². The lowest BCUT2D eigenvalue weighted by Crippen LogP contribution is -2.35. The molecule has 24 heavy (non-hydrogen) atoms. The van der Waals surface area contributed by atoms with Crippen LogP contribution in [-0.2, 0) is 0 Å². The van der Waals surface area contributed by atoms with Crippen molar-refractivity contribution in [3.05, 3.63) is 29.8 Å². The molecule has 0 spiro atoms. The van der Waals surface area contributed by atoms with Crippen LogP contribution in [0.25, 0.3) is 0 Å². The van der Waals surface area contributed by atoms with Crippen LogP contribution < -0.4 is 10.6 Å². The third kappa shape index (κ3) is 4.49. The van der Waals surface area contributed by atoms with Gasteiger partial charge in [-0.3, -0.25) is 4.79 Å². The molecule has 2 N–H and O–H groups in total. The fourth-order valence-corrected chi connectivity index (χ4v) is 3.52. The first-order valence-electron chi connectivity index (χ1n) is 9.19. The van der Waals surface area contributed by atoms with Crippen molar-refractivity contribution in [2.24, 2.45) is 0 Å². The normalized spacial score (nSPS) is 18.9. The summed E-state index contributed by atoms with van der Waals surface area (Å²) in [6.07, 6.45) is 9.12. The largest absolute Gasteiger partial charge is 0.349 e. The average molecular weight is 329 g/mol. The van der Waals surface area contributed by atoms with Gasteiger partial charge in [0.1, 0.15) is 0 Å². The van der Waals surface area contributed by atoms with Crippen LogP contribution in [0, 0.1) is 0 Å². The minimum atomic E-state index is -0.0416. The first kappa shape index (κ1) is 16.8. The van der Waals surface area contributed by atoms with E-state index in [1.54, 1.807) is 24.3 Å². The molecule has 0 aromatic heterocycles. The molecule has 2 aliphatic rings. The van der Waals surface area contributed by atoms with Gasteiger partial charge in [-0.1, -0.05) is 25.7 Å². The van der Waals surface area contributed by atoms with Gasteiger partial charge in [0.15, 0.2) is 0 Å². The van der Waals surface area contributed by atoms with Gasteiger partial charge in [-0.25, -0.2) is 4.79 Å². The molecule has 1 aromatic rings. The summed E-state index contributed by atoms with van der Waals surface area (Å²) < 4.78 is 0. The number of carbonyl (C=O) groups is 2. The second kappa shape index (κ2) is 8.18. The van der Waals surface area contributed by atoms with E-state index >= 15 is 0 Å². The monoisotopic (exact) mass is 329 g/mol. The lowest BCUT2D eigenvalue weighted by molar-refractivity contribution is 0.0938. The summed E-state index contributed by atoms with van der Waals surface area (Å²) in [7, 11) is 0. The summed E-state index contributed by atoms with van der Waals surface area (Å²) in [4.78, 5) is 26.4. The topological polar surface area (TPSA) is 61.4 Å². The zero-order valence-corrected chi connectivity index (χ0v) is 14.2. The Morgan fingerprint density at radius 3 is 2.12 bits per heavy atom. The smallest absolute Gasteiger partial charge is 0.321 e. The van der Waals surface area contributed by atoms with Crippen molar-refractivity contribution in [1.82, 2.24) is 10.2 Å². The molecule has 1 aromatic carbocycles. The fraction of sp³-hybridized carbons (Fsp3) is 0.579. The van der Waals surface area contributed by atoms with E-state index in [9.17, 15) is 9.59 Å². The highest BCUT2D eigenvalue weighted by Gasteiger charge is 2.18. The van der Waals surface area contributed by atoms with Crippen molar-refractivity contribution in [2.75, 3.05) is 18.4 Å². The zero-order chi connectivity index (χ0) is 16.8. The van der Waals surface area contributed by atoms with E-state index in [1.807, 2.05) is 4.90 Å². The van der Waals surface area contributed by atoms with Gasteiger partial charge in [0.2, 0.25) is 0 Å². The van der Waals surface area contributed by atoms with Gasteiger partial charge in [-0.05, 0) is 49.9 Å². The lowest BCUT2D eigenvalue weighted by Gasteiger charge is -2.20. The average Bonchev–Trinajstić information content (AvgIpc) is 2.94. The summed E-state index contributed by atoms with van der Waals surface area (Å²) in [5.41, 5.74) is 1.39. The maximum atomic E-state index is 12.3. The molecule has 0 radical (unpaired) electrons. The van der Waals surface area contributed by atoms with E-state index in [2.05, 4.69) is 10.6 Å². The van der Waals surface area contributed by atoms with Crippen LogP contribution >= 0.6 is 0 Å². The molecule has 1 saturated carbocycles. The zero-order valence-electron chi connectivity index (χ0n) is 14.2. The van der Waals surface area contributed by atoms with Crippen LogP contribution in [-0.4, -0.2) is 36.0 Å². The Morgan fingerprint density at radius 2 is 1.50 bits per heavy atom. The molecule has 130 valence electrons. The Bertz CT molecular complexity index is 556. The molecule has 3 rings (SSSR count). The highest BCUT2D eigenvalue weighted by Crippen LogP contribution is 2.19. The summed E-state index contributed by atoms with van der Waals surface area (Å²) in [5.74, 6) is -0.0210. The number of carbonyl (C=O) groups excluding carboxylic acids is 2. The summed E-state index contributed by atoms with van der Waals surface area (Å²) in [5, 5.41) is 6.01. The minimum absolute atomic E-state index is 0.0210. The maximum Gasteiger partial charge on any atom is 0.321 e. The Morgan fingerprint density at radius 1 is 0.875 bits per heavy atom. The van der Waals surface area contributed by atoms with Gasteiger partial charge in [-0.2, -0.15) is 0 Å². The van der Waals surface area contributed by atoms with Crippen LogP contribution in [0.3, 0.4) is 0 Å². The second-order valence-electron chi connectivity index (χ2n) is 6.86. The molecule has 3 amide bonds. The minimum Gasteiger partial charge on any atom is -0.349 e. The predicted molar refractivity (Wildman–Crippen MR) is 95.2 cm³/mol. The van der Waals surface area contributed by atoms with Crippen molar-refractivity contribution >= 4 is 17.6 Å². The lowest BCUT2D eigenvalue weighted by atomic mass is 10.1. The SMILES string of the molecule is O=C(NC1CCCC1)c1ccc(NC(=O)N2CCCCCC2)cc1. The second-order valence-corrected chi connectivity index (χ2v) is 6.86. The molecule has 2 fully saturated rings. The molecule has 1 aliphatic heterocycles. The molecule has 5 nitrogen and oxygen atoms in total. The van der Waals surface area contributed by atoms with Crippen molar-refractivity contribution in [2.45, 2.75) is 57.4 Å². The Hall–Kier alpha value is -2.04. The Balaban J connectivity index is 1.53. The molecule has 5 heteroatoms. The fourth-order valence-electron chi connectivity index (χ4n) is 3.52. The van der Waals surface area contributed by atoms with E-state index in [0.717, 1.165) is 44.5 Å². The van der Waals surface area contributed by atoms with Crippen LogP contribution in [0.5, 0.6) is 0 Å². The Kier molecular flexibility index (Phi) is 5.72. The molecular weight excluding hydrogens is 302 g/mol. The number of rotatable bonds is 3. The van der Waals surface area contributed by atoms with Crippen LogP contribution in [0.1, 0.15) is 61.7 Å². The van der Waals surface area contributed by atoms with E-state index in [0.29, 0.717) is 11.6 Å². The van der Waals surface area contributed by atoms with Crippen LogP contribution in [0.2, 0.25) is 0 Å². The number of benzene rings is 1. The molecule has 1 saturated heterocycles. The van der Waals surface area contributed by atoms with Gasteiger partial charge >= 0.3 is 6.03 Å². The van der Waals surface area contributed by atoms with Crippen LogP contribution in [0.15, 0.2) is 24.3 Å². The van der Waals surface area contributed by atoms with E-state index < -0.39 is 0 Å². The van der Waals surface area contributed by atoms with Crippen molar-refractivity contribution in [3.63, 3.8) is 0 Å². The third-order valence-corrected chi connectivity index (χ3v) is 4.98. The van der Waals surface area contributed by atoms with Gasteiger partial charge in [-0.15, -0.1) is 0 Å². The molecule has 1 heterocycles. The highest BCUT2D eigenvalue weighted by atomic mass is 16.2. The molecule has 0 unspecified atom stereocenters. The number of likely N-dealkylation sites (tertiary alicyclic amines) is 1. The molecular formula is C19H27N3O2. The number of urea groups is 1. The standard InChI is InChI=1S/C19H27N3O2/c23-18(20-16-7-3-4-8-16)15-9-11-17(12-10-15)21-19(24)22-13-5-1-2-6-14-22/h9-12,16H,1-8,13-14H2,(H,20,23)(H,21,24). The summed E-state index contributed by atoms with van der Waals surface area (Å²) >= 11 is 0. The third-order valence-electron chi connectivity index (χ3n) is 4.98. The van der Waals surface area contributed by atoms with Gasteiger partial charge in [0.05, 0.1) is 0 Å². The molecule has 1 aliphatic carbocycles. The van der Waals surface area contributed by atoms with Crippen molar-refractivity contribution in [1.29, 1.82) is 0 Å². The maximum absolute atomic E-state index is 12.3. The highest BCUT2D eigenvalue weighted by molar-refractivity contribution is 5.95. The Labute approximate surface area is 143 Å². The van der Waals surface area contributed by atoms with Crippen molar-refractivity contribution in [3.8, 4) is 0 Å². The first-order valence-corrected chi connectivity index (χ1v) is 9.19. The summed E-state index contributed by atoms with van der Waals surface area (Å²) in [6, 6.07) is 7.45. The number of hydrogen-bond acceptors (Lipinski definition) is 2. The van der Waals surface area contributed by atoms with Gasteiger partial charge < -0.3 is 15.5 Å². The van der Waals surface area contributed by atoms with Crippen LogP contribution in [0.4, 0.5) is 10.5 Å². The quantitative estimate of drug-likeness (QED) is 0.887. The van der Waals surface area contributed by atoms with E-state index in [4.69, 9.17) is 0 Å². The first-order chi connectivity index (χ1) is 11.7. The van der Waals surface area contributed by atoms with Gasteiger partial charge in [0.25, 0.3) is 5.91 Å². The number of amides is 3. The summed E-state index contributed by atoms with van der Waals surface area (Å²) in [6.45, 7) is 1.65. The molecule has 0 bridgehead atoms. The van der Waals surface area contributed by atoms with E-state index in [1.165, 1.54) is 25.7 Å². The van der Waals surface area contributed by atoms with Crippen molar-refractivity contribution < 1.29 is 9.59 Å². The number of hydrogen-bond donors (Lipinski definition) is 2. The number of nitrogens with zero attached hydrogens (tertiary/aromatic N) is 1. The number of nitrogens with one attached hydrogen (secondary N) is 2. The predicted octanol–water partition coefficient (Wildman–Crippen LogP) is 3.77. The van der Waals surface area contributed by atoms with Gasteiger partial charge in [0, 0.05) is 30.4 Å².